The van der Waals surface area contributed by atoms with Crippen molar-refractivity contribution in [2.45, 2.75) is 19.0 Å². The Balaban J connectivity index is 2.25. The van der Waals surface area contributed by atoms with E-state index in [0.717, 1.165) is 16.7 Å². The molecule has 1 aliphatic heterocycles. The molecule has 2 N–H and O–H groups in total. The number of nitrogens with zero attached hydrogens (tertiary/aromatic N) is 4. The Morgan fingerprint density at radius 1 is 1.53 bits per heavy atom. The number of hydrogen-bond acceptors (Lipinski definition) is 4. The molecule has 6 nitrogen and oxygen atoms in total. The fourth-order valence-corrected chi connectivity index (χ4v) is 2.21. The Kier molecular flexibility index (Phi) is 2.12. The highest BCUT2D eigenvalue weighted by atomic mass is 16.2. The van der Waals surface area contributed by atoms with E-state index in [-0.39, 0.29) is 5.91 Å². The lowest BCUT2D eigenvalue weighted by Gasteiger charge is -2.17. The van der Waals surface area contributed by atoms with Gasteiger partial charge in [-0.05, 0) is 12.5 Å². The van der Waals surface area contributed by atoms with Crippen LogP contribution < -0.4 is 10.6 Å². The number of rotatable bonds is 0. The summed E-state index contributed by atoms with van der Waals surface area (Å²) in [6.07, 6.45) is 4.04. The van der Waals surface area contributed by atoms with Crippen LogP contribution in [0.3, 0.4) is 0 Å². The third-order valence-electron chi connectivity index (χ3n) is 3.13. The lowest BCUT2D eigenvalue weighted by molar-refractivity contribution is -0.119. The summed E-state index contributed by atoms with van der Waals surface area (Å²) in [5.41, 5.74) is 6.66. The van der Waals surface area contributed by atoms with Crippen LogP contribution in [0.25, 0.3) is 10.9 Å². The summed E-state index contributed by atoms with van der Waals surface area (Å²) in [4.78, 5) is 17.6. The van der Waals surface area contributed by atoms with Crippen molar-refractivity contribution in [3.63, 3.8) is 0 Å². The van der Waals surface area contributed by atoms with E-state index in [2.05, 4.69) is 10.1 Å². The number of hydrogen-bond donors (Lipinski definition) is 1. The minimum Gasteiger partial charge on any atom is -0.320 e. The predicted octanol–water partition coefficient (Wildman–Crippen LogP) is 0.125. The number of carbonyl (C=O) groups is 1. The molecule has 6 heteroatoms. The summed E-state index contributed by atoms with van der Waals surface area (Å²) in [5.74, 6) is 0.709. The van der Waals surface area contributed by atoms with Gasteiger partial charge in [-0.1, -0.05) is 0 Å². The number of anilines is 1. The molecule has 1 unspecified atom stereocenters. The molecule has 0 aliphatic carbocycles. The van der Waals surface area contributed by atoms with Crippen molar-refractivity contribution in [3.05, 3.63) is 18.5 Å². The highest BCUT2D eigenvalue weighted by Gasteiger charge is 2.28. The molecular weight excluding hydrogens is 218 g/mol. The van der Waals surface area contributed by atoms with Crippen LogP contribution in [-0.4, -0.2) is 33.8 Å². The smallest absolute Gasteiger partial charge is 0.244 e. The van der Waals surface area contributed by atoms with Gasteiger partial charge in [0.05, 0.1) is 16.9 Å². The van der Waals surface area contributed by atoms with Gasteiger partial charge in [-0.3, -0.25) is 14.7 Å². The standard InChI is InChI=1S/C11H13N5O/c1-15-10-7-6-13-4-2-9(7)14-16(10)5-3-8(12)11(15)17/h2,4,6,8H,3,5,12H2,1H3. The summed E-state index contributed by atoms with van der Waals surface area (Å²) < 4.78 is 1.83. The highest BCUT2D eigenvalue weighted by Crippen LogP contribution is 2.28. The van der Waals surface area contributed by atoms with Gasteiger partial charge in [0.15, 0.2) is 0 Å². The highest BCUT2D eigenvalue weighted by molar-refractivity contribution is 6.03. The molecule has 1 atom stereocenters. The maximum absolute atomic E-state index is 12.0. The lowest BCUT2D eigenvalue weighted by Crippen LogP contribution is -2.40. The minimum atomic E-state index is -0.451. The van der Waals surface area contributed by atoms with E-state index < -0.39 is 6.04 Å². The molecular formula is C11H13N5O. The fourth-order valence-electron chi connectivity index (χ4n) is 2.21. The van der Waals surface area contributed by atoms with Gasteiger partial charge in [-0.25, -0.2) is 4.68 Å². The third kappa shape index (κ3) is 1.41. The van der Waals surface area contributed by atoms with Crippen LogP contribution in [-0.2, 0) is 11.3 Å². The average Bonchev–Trinajstić information content (AvgIpc) is 2.67. The quantitative estimate of drug-likeness (QED) is 0.699. The molecule has 0 fully saturated rings. The topological polar surface area (TPSA) is 77.0 Å². The van der Waals surface area contributed by atoms with Crippen molar-refractivity contribution in [2.24, 2.45) is 5.73 Å². The minimum absolute atomic E-state index is 0.0746. The molecule has 88 valence electrons. The molecule has 0 aromatic carbocycles. The second kappa shape index (κ2) is 3.53. The molecule has 3 heterocycles. The van der Waals surface area contributed by atoms with Crippen molar-refractivity contribution in [3.8, 4) is 0 Å². The van der Waals surface area contributed by atoms with Crippen molar-refractivity contribution in [2.75, 3.05) is 11.9 Å². The number of aromatic nitrogens is 3. The SMILES string of the molecule is CN1C(=O)C(N)CCn2nc3ccncc3c21. The lowest BCUT2D eigenvalue weighted by atomic mass is 10.2. The molecule has 0 radical (unpaired) electrons. The molecule has 2 aromatic heterocycles. The molecule has 17 heavy (non-hydrogen) atoms. The zero-order valence-corrected chi connectivity index (χ0v) is 9.50. The van der Waals surface area contributed by atoms with Crippen LogP contribution in [0.15, 0.2) is 18.5 Å². The van der Waals surface area contributed by atoms with E-state index in [4.69, 9.17) is 5.73 Å². The Hall–Kier alpha value is -1.95. The van der Waals surface area contributed by atoms with Crippen molar-refractivity contribution < 1.29 is 4.79 Å². The van der Waals surface area contributed by atoms with Gasteiger partial charge >= 0.3 is 0 Å². The number of amides is 1. The maximum Gasteiger partial charge on any atom is 0.244 e. The molecule has 2 aromatic rings. The normalized spacial score (nSPS) is 20.5. The van der Waals surface area contributed by atoms with Gasteiger partial charge in [0.25, 0.3) is 0 Å². The zero-order valence-electron chi connectivity index (χ0n) is 9.50. The van der Waals surface area contributed by atoms with Crippen LogP contribution in [0, 0.1) is 0 Å². The van der Waals surface area contributed by atoms with Crippen molar-refractivity contribution >= 4 is 22.6 Å². The van der Waals surface area contributed by atoms with E-state index in [0.29, 0.717) is 13.0 Å². The second-order valence-electron chi connectivity index (χ2n) is 4.23. The molecule has 1 amide bonds. The van der Waals surface area contributed by atoms with E-state index in [1.54, 1.807) is 24.3 Å². The van der Waals surface area contributed by atoms with Crippen LogP contribution in [0.4, 0.5) is 5.82 Å². The molecule has 0 bridgehead atoms. The second-order valence-corrected chi connectivity index (χ2v) is 4.23. The Bertz CT molecular complexity index is 591. The number of aryl methyl sites for hydroxylation is 1. The van der Waals surface area contributed by atoms with Crippen LogP contribution in [0.1, 0.15) is 6.42 Å². The van der Waals surface area contributed by atoms with E-state index in [1.807, 2.05) is 10.7 Å². The van der Waals surface area contributed by atoms with Gasteiger partial charge in [0, 0.05) is 26.0 Å². The average molecular weight is 231 g/mol. The number of carbonyl (C=O) groups excluding carboxylic acids is 1. The molecule has 0 spiro atoms. The summed E-state index contributed by atoms with van der Waals surface area (Å²) in [6, 6.07) is 1.39. The van der Waals surface area contributed by atoms with Crippen LogP contribution >= 0.6 is 0 Å². The number of pyridine rings is 1. The summed E-state index contributed by atoms with van der Waals surface area (Å²) in [5, 5.41) is 5.35. The molecule has 3 rings (SSSR count). The third-order valence-corrected chi connectivity index (χ3v) is 3.13. The first kappa shape index (κ1) is 10.2. The van der Waals surface area contributed by atoms with Crippen molar-refractivity contribution in [1.82, 2.24) is 14.8 Å². The molecule has 0 saturated heterocycles. The number of fused-ring (bicyclic) bond motifs is 3. The molecule has 0 saturated carbocycles. The Labute approximate surface area is 98.0 Å². The summed E-state index contributed by atoms with van der Waals surface area (Å²) in [6.45, 7) is 0.654. The molecule has 1 aliphatic rings. The maximum atomic E-state index is 12.0. The Morgan fingerprint density at radius 3 is 3.18 bits per heavy atom. The summed E-state index contributed by atoms with van der Waals surface area (Å²) >= 11 is 0. The van der Waals surface area contributed by atoms with Gasteiger partial charge in [-0.2, -0.15) is 5.10 Å². The monoisotopic (exact) mass is 231 g/mol. The van der Waals surface area contributed by atoms with Gasteiger partial charge < -0.3 is 5.73 Å². The van der Waals surface area contributed by atoms with E-state index in [9.17, 15) is 4.79 Å². The first-order valence-corrected chi connectivity index (χ1v) is 5.52. The van der Waals surface area contributed by atoms with Gasteiger partial charge in [0.2, 0.25) is 5.91 Å². The fraction of sp³-hybridized carbons (Fsp3) is 0.364. The number of likely N-dealkylation sites (N-methyl/N-ethyl adjacent to an activating group) is 1. The van der Waals surface area contributed by atoms with Crippen molar-refractivity contribution in [1.29, 1.82) is 0 Å². The van der Waals surface area contributed by atoms with Gasteiger partial charge in [-0.15, -0.1) is 0 Å². The Morgan fingerprint density at radius 2 is 2.35 bits per heavy atom. The predicted molar refractivity (Wildman–Crippen MR) is 63.5 cm³/mol. The summed E-state index contributed by atoms with van der Waals surface area (Å²) in [7, 11) is 1.73. The van der Waals surface area contributed by atoms with E-state index in [1.165, 1.54) is 0 Å². The number of nitrogens with two attached hydrogens (primary N) is 1. The zero-order chi connectivity index (χ0) is 12.0. The first-order valence-electron chi connectivity index (χ1n) is 5.52. The first-order chi connectivity index (χ1) is 8.18. The van der Waals surface area contributed by atoms with Gasteiger partial charge in [0.1, 0.15) is 5.82 Å². The van der Waals surface area contributed by atoms with Crippen LogP contribution in [0.5, 0.6) is 0 Å². The largest absolute Gasteiger partial charge is 0.320 e. The van der Waals surface area contributed by atoms with E-state index >= 15 is 0 Å². The van der Waals surface area contributed by atoms with Crippen LogP contribution in [0.2, 0.25) is 0 Å².